The molecule has 0 aliphatic carbocycles. The second-order valence-corrected chi connectivity index (χ2v) is 6.51. The zero-order valence-electron chi connectivity index (χ0n) is 11.2. The van der Waals surface area contributed by atoms with E-state index in [1.807, 2.05) is 18.7 Å². The molecule has 106 valence electrons. The van der Waals surface area contributed by atoms with Crippen LogP contribution in [0, 0.1) is 13.8 Å². The van der Waals surface area contributed by atoms with Gasteiger partial charge in [0.05, 0.1) is 5.39 Å². The van der Waals surface area contributed by atoms with Crippen molar-refractivity contribution in [2.24, 2.45) is 0 Å². The monoisotopic (exact) mass is 311 g/mol. The van der Waals surface area contributed by atoms with Crippen LogP contribution in [0.5, 0.6) is 0 Å². The quantitative estimate of drug-likeness (QED) is 0.864. The molecule has 1 N–H and O–H groups in total. The van der Waals surface area contributed by atoms with Crippen LogP contribution in [0.15, 0.2) is 0 Å². The number of carbonyl (C=O) groups is 1. The van der Waals surface area contributed by atoms with Crippen LogP contribution in [0.1, 0.15) is 23.3 Å². The molecular weight excluding hydrogens is 298 g/mol. The van der Waals surface area contributed by atoms with Gasteiger partial charge in [-0.25, -0.2) is 9.78 Å². The van der Waals surface area contributed by atoms with Gasteiger partial charge in [0.25, 0.3) is 0 Å². The number of carboxylic acid groups (broad SMARTS) is 1. The molecule has 1 saturated heterocycles. The van der Waals surface area contributed by atoms with Crippen molar-refractivity contribution < 1.29 is 9.90 Å². The van der Waals surface area contributed by atoms with E-state index in [2.05, 4.69) is 9.97 Å². The molecule has 0 amide bonds. The van der Waals surface area contributed by atoms with Gasteiger partial charge in [-0.2, -0.15) is 4.98 Å². The highest BCUT2D eigenvalue weighted by atomic mass is 35.5. The van der Waals surface area contributed by atoms with Crippen LogP contribution in [0.25, 0.3) is 10.2 Å². The van der Waals surface area contributed by atoms with E-state index in [-0.39, 0.29) is 5.28 Å². The van der Waals surface area contributed by atoms with Crippen molar-refractivity contribution in [3.05, 3.63) is 15.7 Å². The number of nitrogens with zero attached hydrogens (tertiary/aromatic N) is 3. The number of aromatic nitrogens is 2. The summed E-state index contributed by atoms with van der Waals surface area (Å²) in [6, 6.07) is -0.524. The first-order chi connectivity index (χ1) is 9.49. The lowest BCUT2D eigenvalue weighted by Crippen LogP contribution is -2.36. The summed E-state index contributed by atoms with van der Waals surface area (Å²) in [5.41, 5.74) is 1.10. The molecule has 1 fully saturated rings. The molecule has 5 nitrogen and oxygen atoms in total. The molecule has 0 saturated carbocycles. The van der Waals surface area contributed by atoms with Crippen LogP contribution in [0.2, 0.25) is 5.28 Å². The molecular formula is C13H14ClN3O2S. The number of anilines is 1. The minimum Gasteiger partial charge on any atom is -0.480 e. The molecule has 20 heavy (non-hydrogen) atoms. The molecule has 0 aromatic carbocycles. The number of hydrogen-bond donors (Lipinski definition) is 1. The van der Waals surface area contributed by atoms with E-state index in [1.54, 1.807) is 11.3 Å². The number of carboxylic acids is 1. The lowest BCUT2D eigenvalue weighted by atomic mass is 10.2. The first kappa shape index (κ1) is 13.6. The summed E-state index contributed by atoms with van der Waals surface area (Å²) in [6.45, 7) is 4.73. The van der Waals surface area contributed by atoms with Crippen LogP contribution in [-0.2, 0) is 4.79 Å². The number of rotatable bonds is 2. The maximum Gasteiger partial charge on any atom is 0.326 e. The molecule has 1 aliphatic heterocycles. The number of aliphatic carboxylic acids is 1. The molecule has 2 aromatic heterocycles. The van der Waals surface area contributed by atoms with Crippen molar-refractivity contribution >= 4 is 44.9 Å². The van der Waals surface area contributed by atoms with Crippen LogP contribution in [0.3, 0.4) is 0 Å². The van der Waals surface area contributed by atoms with Gasteiger partial charge in [-0.05, 0) is 43.9 Å². The van der Waals surface area contributed by atoms with E-state index in [9.17, 15) is 9.90 Å². The lowest BCUT2D eigenvalue weighted by Gasteiger charge is -2.23. The van der Waals surface area contributed by atoms with Crippen LogP contribution in [0.4, 0.5) is 5.82 Å². The Labute approximate surface area is 125 Å². The van der Waals surface area contributed by atoms with Crippen molar-refractivity contribution in [1.29, 1.82) is 0 Å². The first-order valence-electron chi connectivity index (χ1n) is 6.41. The van der Waals surface area contributed by atoms with Crippen molar-refractivity contribution in [1.82, 2.24) is 9.97 Å². The first-order valence-corrected chi connectivity index (χ1v) is 7.61. The van der Waals surface area contributed by atoms with Crippen molar-refractivity contribution in [2.75, 3.05) is 11.4 Å². The minimum absolute atomic E-state index is 0.171. The van der Waals surface area contributed by atoms with Crippen molar-refractivity contribution in [3.8, 4) is 0 Å². The maximum atomic E-state index is 11.4. The minimum atomic E-state index is -0.810. The Morgan fingerprint density at radius 3 is 2.90 bits per heavy atom. The second-order valence-electron chi connectivity index (χ2n) is 4.97. The molecule has 7 heteroatoms. The third-order valence-electron chi connectivity index (χ3n) is 3.79. The fourth-order valence-electron chi connectivity index (χ4n) is 2.69. The van der Waals surface area contributed by atoms with Gasteiger partial charge in [0.15, 0.2) is 0 Å². The van der Waals surface area contributed by atoms with Crippen LogP contribution < -0.4 is 4.90 Å². The SMILES string of the molecule is Cc1sc2nc(Cl)nc(N3CCCC3C(=O)O)c2c1C. The Balaban J connectivity index is 2.22. The zero-order valence-corrected chi connectivity index (χ0v) is 12.8. The largest absolute Gasteiger partial charge is 0.480 e. The Morgan fingerprint density at radius 1 is 1.45 bits per heavy atom. The lowest BCUT2D eigenvalue weighted by molar-refractivity contribution is -0.138. The number of hydrogen-bond acceptors (Lipinski definition) is 5. The number of fused-ring (bicyclic) bond motifs is 1. The highest BCUT2D eigenvalue weighted by Crippen LogP contribution is 2.38. The van der Waals surface area contributed by atoms with Gasteiger partial charge in [0.2, 0.25) is 5.28 Å². The fourth-order valence-corrected chi connectivity index (χ4v) is 3.93. The Morgan fingerprint density at radius 2 is 2.20 bits per heavy atom. The predicted octanol–water partition coefficient (Wildman–Crippen LogP) is 3.01. The highest BCUT2D eigenvalue weighted by Gasteiger charge is 2.33. The number of thiophene rings is 1. The average Bonchev–Trinajstić information content (AvgIpc) is 2.95. The topological polar surface area (TPSA) is 66.3 Å². The predicted molar refractivity (Wildman–Crippen MR) is 79.9 cm³/mol. The summed E-state index contributed by atoms with van der Waals surface area (Å²) in [5, 5.41) is 10.5. The van der Waals surface area contributed by atoms with Crippen molar-refractivity contribution in [2.45, 2.75) is 32.7 Å². The smallest absolute Gasteiger partial charge is 0.326 e. The molecule has 1 unspecified atom stereocenters. The molecule has 1 aliphatic rings. The van der Waals surface area contributed by atoms with E-state index < -0.39 is 12.0 Å². The Bertz CT molecular complexity index is 700. The Kier molecular flexibility index (Phi) is 3.30. The Hall–Kier alpha value is -1.40. The molecule has 3 rings (SSSR count). The van der Waals surface area contributed by atoms with Gasteiger partial charge in [-0.3, -0.25) is 0 Å². The molecule has 3 heterocycles. The molecule has 0 bridgehead atoms. The van der Waals surface area contributed by atoms with E-state index in [1.165, 1.54) is 0 Å². The zero-order chi connectivity index (χ0) is 14.4. The normalized spacial score (nSPS) is 18.9. The molecule has 2 aromatic rings. The average molecular weight is 312 g/mol. The van der Waals surface area contributed by atoms with Gasteiger partial charge in [-0.1, -0.05) is 0 Å². The summed E-state index contributed by atoms with van der Waals surface area (Å²) in [7, 11) is 0. The standard InChI is InChI=1S/C13H14ClN3O2S/c1-6-7(2)20-11-9(6)10(15-13(14)16-11)17-5-3-4-8(17)12(18)19/h8H,3-5H2,1-2H3,(H,18,19). The molecule has 0 spiro atoms. The van der Waals surface area contributed by atoms with Gasteiger partial charge < -0.3 is 10.0 Å². The second kappa shape index (κ2) is 4.86. The third kappa shape index (κ3) is 2.03. The number of aryl methyl sites for hydroxylation is 2. The van der Waals surface area contributed by atoms with Crippen LogP contribution >= 0.6 is 22.9 Å². The maximum absolute atomic E-state index is 11.4. The van der Waals surface area contributed by atoms with Gasteiger partial charge in [0.1, 0.15) is 16.7 Å². The van der Waals surface area contributed by atoms with Gasteiger partial charge >= 0.3 is 5.97 Å². The highest BCUT2D eigenvalue weighted by molar-refractivity contribution is 7.18. The van der Waals surface area contributed by atoms with Gasteiger partial charge in [0, 0.05) is 11.4 Å². The third-order valence-corrected chi connectivity index (χ3v) is 5.06. The summed E-state index contributed by atoms with van der Waals surface area (Å²) in [5.74, 6) is -0.151. The van der Waals surface area contributed by atoms with Gasteiger partial charge in [-0.15, -0.1) is 11.3 Å². The van der Waals surface area contributed by atoms with E-state index in [0.29, 0.717) is 18.8 Å². The summed E-state index contributed by atoms with van der Waals surface area (Å²) < 4.78 is 0. The fraction of sp³-hybridized carbons (Fsp3) is 0.462. The van der Waals surface area contributed by atoms with E-state index in [0.717, 1.165) is 27.1 Å². The van der Waals surface area contributed by atoms with E-state index >= 15 is 0 Å². The van der Waals surface area contributed by atoms with E-state index in [4.69, 9.17) is 11.6 Å². The van der Waals surface area contributed by atoms with Crippen LogP contribution in [-0.4, -0.2) is 33.6 Å². The number of halogens is 1. The summed E-state index contributed by atoms with van der Waals surface area (Å²) in [4.78, 5) is 23.8. The van der Waals surface area contributed by atoms with Crippen molar-refractivity contribution in [3.63, 3.8) is 0 Å². The molecule has 1 atom stereocenters. The summed E-state index contributed by atoms with van der Waals surface area (Å²) >= 11 is 7.57. The summed E-state index contributed by atoms with van der Waals surface area (Å²) in [6.07, 6.45) is 1.49. The molecule has 0 radical (unpaired) electrons.